The van der Waals surface area contributed by atoms with Crippen LogP contribution in [0.5, 0.6) is 0 Å². The van der Waals surface area contributed by atoms with Crippen LogP contribution in [0.2, 0.25) is 0 Å². The predicted molar refractivity (Wildman–Crippen MR) is 92.7 cm³/mol. The van der Waals surface area contributed by atoms with Gasteiger partial charge in [-0.3, -0.25) is 0 Å². The lowest BCUT2D eigenvalue weighted by molar-refractivity contribution is -0.169. The van der Waals surface area contributed by atoms with E-state index in [-0.39, 0.29) is 0 Å². The fourth-order valence-electron chi connectivity index (χ4n) is 1.74. The standard InChI is InChI=1S/C10H20N2O8P4/c13-21(14)7-11(8-22(15)16)5-3-1-2-4-6-12(9-23(17)18)10-24(19)20/h7-10H,1-6H2,(H,13,14)(H,15,16)(H,17,18)(H,19,20). The lowest BCUT2D eigenvalue weighted by Crippen LogP contribution is -2.23. The van der Waals surface area contributed by atoms with E-state index >= 15 is 0 Å². The van der Waals surface area contributed by atoms with Gasteiger partial charge in [0.1, 0.15) is 0 Å². The molecule has 4 atom stereocenters. The van der Waals surface area contributed by atoms with Crippen molar-refractivity contribution in [3.05, 3.63) is 0 Å². The third-order valence-corrected chi connectivity index (χ3v) is 4.55. The molecule has 0 bridgehead atoms. The van der Waals surface area contributed by atoms with Crippen LogP contribution < -0.4 is 19.6 Å². The summed E-state index contributed by atoms with van der Waals surface area (Å²) in [4.78, 5) is 80.5. The molecule has 0 rings (SSSR count). The second kappa shape index (κ2) is 14.4. The zero-order chi connectivity index (χ0) is 18.5. The molecule has 0 aromatic heterocycles. The Balaban J connectivity index is 4.19. The normalized spacial score (nSPS) is 14.9. The van der Waals surface area contributed by atoms with Gasteiger partial charge in [-0.2, -0.15) is 29.4 Å². The summed E-state index contributed by atoms with van der Waals surface area (Å²) in [5.74, 6) is 3.83. The fourth-order valence-corrected chi connectivity index (χ4v) is 3.69. The van der Waals surface area contributed by atoms with Crippen molar-refractivity contribution in [2.75, 3.05) is 13.1 Å². The van der Waals surface area contributed by atoms with Gasteiger partial charge in [-0.05, 0) is 12.8 Å². The van der Waals surface area contributed by atoms with E-state index in [1.807, 2.05) is 0 Å². The Kier molecular flexibility index (Phi) is 14.6. The minimum Gasteiger partial charge on any atom is -0.602 e. The maximum Gasteiger partial charge on any atom is 0.230 e. The van der Waals surface area contributed by atoms with Gasteiger partial charge in [-0.15, -0.1) is 0 Å². The molecule has 138 valence electrons. The first kappa shape index (κ1) is 24.3. The van der Waals surface area contributed by atoms with Crippen LogP contribution in [0.3, 0.4) is 0 Å². The molecular weight excluding hydrogens is 400 g/mol. The van der Waals surface area contributed by atoms with E-state index in [2.05, 4.69) is 0 Å². The molecule has 0 radical (unpaired) electrons. The molecule has 0 heterocycles. The highest BCUT2D eigenvalue weighted by Gasteiger charge is 2.09. The van der Waals surface area contributed by atoms with Crippen molar-refractivity contribution in [1.29, 1.82) is 0 Å². The maximum atomic E-state index is 10.7. The molecule has 10 nitrogen and oxygen atoms in total. The molecule has 0 aromatic carbocycles. The molecule has 0 aliphatic carbocycles. The van der Waals surface area contributed by atoms with Gasteiger partial charge in [0, 0.05) is 13.1 Å². The first-order valence-electron chi connectivity index (χ1n) is 6.73. The molecule has 0 amide bonds. The van der Waals surface area contributed by atoms with Crippen LogP contribution in [0.25, 0.3) is 0 Å². The van der Waals surface area contributed by atoms with Gasteiger partial charge in [-0.25, -0.2) is 0 Å². The molecule has 0 aliphatic rings. The number of hydrogen-bond donors (Lipinski definition) is 4. The molecule has 0 saturated carbocycles. The molecule has 0 aliphatic heterocycles. The second-order valence-corrected chi connectivity index (χ2v) is 7.91. The second-order valence-electron chi connectivity index (χ2n) is 4.56. The quantitative estimate of drug-likeness (QED) is 0.197. The maximum absolute atomic E-state index is 10.7. The molecular formula is C10H20N2O8P4. The van der Waals surface area contributed by atoms with Gasteiger partial charge in [-0.1, -0.05) is 12.8 Å². The number of rotatable bonds is 11. The van der Waals surface area contributed by atoms with Crippen molar-refractivity contribution in [3.63, 3.8) is 0 Å². The summed E-state index contributed by atoms with van der Waals surface area (Å²) in [6.45, 7) is 0.604. The predicted octanol–water partition coefficient (Wildman–Crippen LogP) is -3.15. The first-order chi connectivity index (χ1) is 11.2. The fraction of sp³-hybridized carbons (Fsp3) is 0.600. The monoisotopic (exact) mass is 420 g/mol. The molecule has 4 unspecified atom stereocenters. The Morgan fingerprint density at radius 3 is 1.00 bits per heavy atom. The molecule has 0 fully saturated rings. The Labute approximate surface area is 144 Å². The van der Waals surface area contributed by atoms with Crippen LogP contribution in [-0.4, -0.2) is 66.1 Å². The largest absolute Gasteiger partial charge is 0.602 e. The average Bonchev–Trinajstić information content (AvgIpc) is 2.39. The lowest BCUT2D eigenvalue weighted by atomic mass is 10.2. The van der Waals surface area contributed by atoms with Gasteiger partial charge >= 0.3 is 0 Å². The van der Waals surface area contributed by atoms with Crippen molar-refractivity contribution < 1.29 is 39.1 Å². The summed E-state index contributed by atoms with van der Waals surface area (Å²) in [6, 6.07) is 0. The van der Waals surface area contributed by atoms with Crippen LogP contribution in [0.1, 0.15) is 25.7 Å². The van der Waals surface area contributed by atoms with E-state index in [9.17, 15) is 19.6 Å². The van der Waals surface area contributed by atoms with E-state index < -0.39 is 32.0 Å². The number of nitrogens with zero attached hydrogens (tertiary/aromatic N) is 2. The Morgan fingerprint density at radius 1 is 0.542 bits per heavy atom. The Bertz CT molecular complexity index is 403. The summed E-state index contributed by atoms with van der Waals surface area (Å²) >= 11 is 0. The van der Waals surface area contributed by atoms with Crippen molar-refractivity contribution in [2.24, 2.45) is 0 Å². The highest BCUT2D eigenvalue weighted by atomic mass is 31.1. The van der Waals surface area contributed by atoms with E-state index in [4.69, 9.17) is 19.6 Å². The van der Waals surface area contributed by atoms with Gasteiger partial charge in [0.2, 0.25) is 32.0 Å². The first-order valence-corrected chi connectivity index (χ1v) is 11.9. The van der Waals surface area contributed by atoms with Gasteiger partial charge in [0.25, 0.3) is 0 Å². The summed E-state index contributed by atoms with van der Waals surface area (Å²) in [5.41, 5.74) is 0. The smallest absolute Gasteiger partial charge is 0.230 e. The Morgan fingerprint density at radius 2 is 0.792 bits per heavy atom. The highest BCUT2D eigenvalue weighted by Crippen LogP contribution is 2.10. The van der Waals surface area contributed by atoms with Crippen LogP contribution in [-0.2, 0) is 0 Å². The number of hydrogen-bond acceptors (Lipinski definition) is 8. The molecule has 4 N–H and O–H groups in total. The molecule has 14 heteroatoms. The van der Waals surface area contributed by atoms with Crippen molar-refractivity contribution in [2.45, 2.75) is 25.7 Å². The highest BCUT2D eigenvalue weighted by molar-refractivity contribution is 7.45. The van der Waals surface area contributed by atoms with Gasteiger partial charge in [0.05, 0.1) is 0 Å². The zero-order valence-corrected chi connectivity index (χ0v) is 16.2. The minimum atomic E-state index is -2.56. The van der Waals surface area contributed by atoms with Crippen molar-refractivity contribution in [3.8, 4) is 0 Å². The topological polar surface area (TPSA) is 180 Å². The minimum absolute atomic E-state index is 0.302. The summed E-state index contributed by atoms with van der Waals surface area (Å²) in [7, 11) is -10.2. The summed E-state index contributed by atoms with van der Waals surface area (Å²) in [5, 5.41) is 0. The van der Waals surface area contributed by atoms with Crippen LogP contribution in [0.4, 0.5) is 0 Å². The number of unbranched alkanes of at least 4 members (excludes halogenated alkanes) is 3. The van der Waals surface area contributed by atoms with Gasteiger partial charge < -0.3 is 19.6 Å². The van der Waals surface area contributed by atoms with Crippen LogP contribution in [0.15, 0.2) is 0 Å². The van der Waals surface area contributed by atoms with E-state index in [0.717, 1.165) is 23.7 Å². The molecule has 0 saturated heterocycles. The molecule has 0 spiro atoms. The van der Waals surface area contributed by atoms with E-state index in [1.165, 1.54) is 9.80 Å². The third-order valence-electron chi connectivity index (χ3n) is 2.57. The lowest BCUT2D eigenvalue weighted by Gasteiger charge is -2.10. The van der Waals surface area contributed by atoms with Gasteiger partial charge in [0.15, 0.2) is 23.7 Å². The summed E-state index contributed by atoms with van der Waals surface area (Å²) < 4.78 is 0. The van der Waals surface area contributed by atoms with E-state index in [1.54, 1.807) is 0 Å². The van der Waals surface area contributed by atoms with Crippen LogP contribution >= 0.6 is 32.0 Å². The van der Waals surface area contributed by atoms with Crippen molar-refractivity contribution >= 4 is 55.7 Å². The molecule has 0 aromatic rings. The SMILES string of the molecule is [O-]/[P+](O)=C\N(/C=[P+](\[O-])O)CCCCCCN(/C=[P+](\[O-])O)/C=[P+](\[O-])O. The average molecular weight is 420 g/mol. The third kappa shape index (κ3) is 15.8. The molecule has 24 heavy (non-hydrogen) atoms. The van der Waals surface area contributed by atoms with Crippen LogP contribution in [0, 0.1) is 0 Å². The zero-order valence-electron chi connectivity index (χ0n) is 12.7. The summed E-state index contributed by atoms with van der Waals surface area (Å²) in [6.07, 6.45) is 2.59. The Hall–Kier alpha value is 0.280. The van der Waals surface area contributed by atoms with Crippen molar-refractivity contribution in [1.82, 2.24) is 9.80 Å². The van der Waals surface area contributed by atoms with E-state index in [0.29, 0.717) is 38.8 Å².